The quantitative estimate of drug-likeness (QED) is 0.628. The van der Waals surface area contributed by atoms with Gasteiger partial charge in [-0.15, -0.1) is 11.8 Å². The van der Waals surface area contributed by atoms with Crippen molar-refractivity contribution in [3.05, 3.63) is 17.8 Å². The number of rotatable bonds is 4. The average Bonchev–Trinajstić information content (AvgIpc) is 2.27. The highest BCUT2D eigenvalue weighted by Crippen LogP contribution is 2.21. The van der Waals surface area contributed by atoms with Crippen molar-refractivity contribution in [2.24, 2.45) is 0 Å². The molecule has 1 aromatic rings. The lowest BCUT2D eigenvalue weighted by atomic mass is 10.2. The minimum absolute atomic E-state index is 0.350. The molecule has 0 atom stereocenters. The Bertz CT molecular complexity index is 355. The SMILES string of the molecule is CCCSc1cc(C(=O)OC)c(N)cn1. The van der Waals surface area contributed by atoms with Crippen molar-refractivity contribution in [3.8, 4) is 0 Å². The zero-order valence-corrected chi connectivity index (χ0v) is 9.63. The van der Waals surface area contributed by atoms with Crippen LogP contribution in [0.3, 0.4) is 0 Å². The molecule has 0 spiro atoms. The van der Waals surface area contributed by atoms with E-state index in [4.69, 9.17) is 5.73 Å². The van der Waals surface area contributed by atoms with Crippen molar-refractivity contribution in [1.82, 2.24) is 4.98 Å². The van der Waals surface area contributed by atoms with Gasteiger partial charge in [0.05, 0.1) is 29.6 Å². The van der Waals surface area contributed by atoms with E-state index in [1.807, 2.05) is 0 Å². The molecular formula is C10H14N2O2S. The van der Waals surface area contributed by atoms with Crippen LogP contribution in [0.25, 0.3) is 0 Å². The number of nitrogens with zero attached hydrogens (tertiary/aromatic N) is 1. The predicted molar refractivity (Wildman–Crippen MR) is 61.0 cm³/mol. The highest BCUT2D eigenvalue weighted by molar-refractivity contribution is 7.99. The minimum atomic E-state index is -0.423. The molecule has 0 saturated carbocycles. The number of esters is 1. The molecule has 0 saturated heterocycles. The van der Waals surface area contributed by atoms with Crippen LogP contribution in [0.15, 0.2) is 17.3 Å². The molecular weight excluding hydrogens is 212 g/mol. The summed E-state index contributed by atoms with van der Waals surface area (Å²) < 4.78 is 4.62. The summed E-state index contributed by atoms with van der Waals surface area (Å²) in [6.45, 7) is 2.09. The van der Waals surface area contributed by atoms with E-state index >= 15 is 0 Å². The number of nitrogen functional groups attached to an aromatic ring is 1. The van der Waals surface area contributed by atoms with Gasteiger partial charge in [0.25, 0.3) is 0 Å². The molecule has 5 heteroatoms. The second-order valence-electron chi connectivity index (χ2n) is 2.95. The molecule has 0 radical (unpaired) electrons. The molecule has 2 N–H and O–H groups in total. The molecule has 15 heavy (non-hydrogen) atoms. The summed E-state index contributed by atoms with van der Waals surface area (Å²) >= 11 is 1.60. The standard InChI is InChI=1S/C10H14N2O2S/c1-3-4-15-9-5-7(10(13)14-2)8(11)6-12-9/h5-6H,3-4,11H2,1-2H3. The number of anilines is 1. The monoisotopic (exact) mass is 226 g/mol. The third-order valence-corrected chi connectivity index (χ3v) is 2.90. The van der Waals surface area contributed by atoms with Crippen LogP contribution in [0.5, 0.6) is 0 Å². The van der Waals surface area contributed by atoms with Crippen LogP contribution < -0.4 is 5.73 Å². The van der Waals surface area contributed by atoms with Gasteiger partial charge in [-0.05, 0) is 18.2 Å². The molecule has 0 bridgehead atoms. The molecule has 0 aliphatic rings. The highest BCUT2D eigenvalue weighted by Gasteiger charge is 2.11. The highest BCUT2D eigenvalue weighted by atomic mass is 32.2. The Morgan fingerprint density at radius 1 is 1.67 bits per heavy atom. The summed E-state index contributed by atoms with van der Waals surface area (Å²) in [4.78, 5) is 15.4. The van der Waals surface area contributed by atoms with E-state index in [0.717, 1.165) is 17.2 Å². The molecule has 0 fully saturated rings. The Kier molecular flexibility index (Phi) is 4.42. The van der Waals surface area contributed by atoms with Crippen molar-refractivity contribution < 1.29 is 9.53 Å². The van der Waals surface area contributed by atoms with E-state index in [1.165, 1.54) is 13.3 Å². The topological polar surface area (TPSA) is 65.2 Å². The van der Waals surface area contributed by atoms with Gasteiger partial charge in [-0.3, -0.25) is 0 Å². The number of ether oxygens (including phenoxy) is 1. The third kappa shape index (κ3) is 3.13. The summed E-state index contributed by atoms with van der Waals surface area (Å²) in [5, 5.41) is 0.798. The van der Waals surface area contributed by atoms with Crippen molar-refractivity contribution in [1.29, 1.82) is 0 Å². The molecule has 1 heterocycles. The van der Waals surface area contributed by atoms with Crippen LogP contribution in [0.2, 0.25) is 0 Å². The third-order valence-electron chi connectivity index (χ3n) is 1.77. The van der Waals surface area contributed by atoms with E-state index in [0.29, 0.717) is 11.3 Å². The van der Waals surface area contributed by atoms with Crippen molar-refractivity contribution in [2.45, 2.75) is 18.4 Å². The van der Waals surface area contributed by atoms with Gasteiger partial charge in [0, 0.05) is 0 Å². The predicted octanol–water partition coefficient (Wildman–Crippen LogP) is 1.95. The molecule has 4 nitrogen and oxygen atoms in total. The maximum atomic E-state index is 11.3. The first-order chi connectivity index (χ1) is 7.19. The van der Waals surface area contributed by atoms with E-state index in [2.05, 4.69) is 16.6 Å². The van der Waals surface area contributed by atoms with Gasteiger partial charge in [-0.2, -0.15) is 0 Å². The molecule has 0 aliphatic heterocycles. The number of aromatic nitrogens is 1. The Hall–Kier alpha value is -1.23. The fraction of sp³-hybridized carbons (Fsp3) is 0.400. The number of carbonyl (C=O) groups is 1. The molecule has 1 aromatic heterocycles. The molecule has 0 aromatic carbocycles. The van der Waals surface area contributed by atoms with Crippen molar-refractivity contribution in [3.63, 3.8) is 0 Å². The Morgan fingerprint density at radius 3 is 3.00 bits per heavy atom. The lowest BCUT2D eigenvalue weighted by molar-refractivity contribution is 0.0601. The van der Waals surface area contributed by atoms with Crippen LogP contribution in [0.1, 0.15) is 23.7 Å². The average molecular weight is 226 g/mol. The molecule has 0 aliphatic carbocycles. The summed E-state index contributed by atoms with van der Waals surface area (Å²) in [6.07, 6.45) is 2.55. The Morgan fingerprint density at radius 2 is 2.40 bits per heavy atom. The molecule has 82 valence electrons. The van der Waals surface area contributed by atoms with Crippen LogP contribution >= 0.6 is 11.8 Å². The van der Waals surface area contributed by atoms with Gasteiger partial charge >= 0.3 is 5.97 Å². The number of thioether (sulfide) groups is 1. The van der Waals surface area contributed by atoms with Gasteiger partial charge in [-0.25, -0.2) is 9.78 Å². The lowest BCUT2D eigenvalue weighted by Gasteiger charge is -2.05. The summed E-state index contributed by atoms with van der Waals surface area (Å²) in [5.41, 5.74) is 6.35. The number of hydrogen-bond acceptors (Lipinski definition) is 5. The summed E-state index contributed by atoms with van der Waals surface area (Å²) in [5.74, 6) is 0.547. The van der Waals surface area contributed by atoms with Gasteiger partial charge in [0.1, 0.15) is 0 Å². The van der Waals surface area contributed by atoms with E-state index < -0.39 is 5.97 Å². The first-order valence-electron chi connectivity index (χ1n) is 4.65. The number of hydrogen-bond donors (Lipinski definition) is 1. The Balaban J connectivity index is 2.89. The number of nitrogens with two attached hydrogens (primary N) is 1. The summed E-state index contributed by atoms with van der Waals surface area (Å²) in [7, 11) is 1.33. The molecule has 0 unspecified atom stereocenters. The van der Waals surface area contributed by atoms with Crippen LogP contribution in [0.4, 0.5) is 5.69 Å². The Labute approximate surface area is 93.2 Å². The maximum absolute atomic E-state index is 11.3. The molecule has 0 amide bonds. The normalized spacial score (nSPS) is 10.0. The van der Waals surface area contributed by atoms with Gasteiger partial charge in [0.2, 0.25) is 0 Å². The fourth-order valence-corrected chi connectivity index (χ4v) is 1.76. The lowest BCUT2D eigenvalue weighted by Crippen LogP contribution is -2.06. The largest absolute Gasteiger partial charge is 0.465 e. The van der Waals surface area contributed by atoms with E-state index in [9.17, 15) is 4.79 Å². The number of pyridine rings is 1. The van der Waals surface area contributed by atoms with Gasteiger partial charge in [-0.1, -0.05) is 6.92 Å². The van der Waals surface area contributed by atoms with Crippen molar-refractivity contribution >= 4 is 23.4 Å². The first kappa shape index (κ1) is 11.8. The number of methoxy groups -OCH3 is 1. The van der Waals surface area contributed by atoms with Crippen LogP contribution in [-0.2, 0) is 4.74 Å². The maximum Gasteiger partial charge on any atom is 0.340 e. The first-order valence-corrected chi connectivity index (χ1v) is 5.64. The second-order valence-corrected chi connectivity index (χ2v) is 4.07. The zero-order chi connectivity index (χ0) is 11.3. The molecule has 1 rings (SSSR count). The van der Waals surface area contributed by atoms with E-state index in [1.54, 1.807) is 17.8 Å². The van der Waals surface area contributed by atoms with Gasteiger partial charge in [0.15, 0.2) is 0 Å². The fourth-order valence-electron chi connectivity index (χ4n) is 1.02. The smallest absolute Gasteiger partial charge is 0.340 e. The van der Waals surface area contributed by atoms with Crippen LogP contribution in [0, 0.1) is 0 Å². The minimum Gasteiger partial charge on any atom is -0.465 e. The number of carbonyl (C=O) groups excluding carboxylic acids is 1. The second kappa shape index (κ2) is 5.60. The van der Waals surface area contributed by atoms with E-state index in [-0.39, 0.29) is 0 Å². The summed E-state index contributed by atoms with van der Waals surface area (Å²) in [6, 6.07) is 1.67. The van der Waals surface area contributed by atoms with Gasteiger partial charge < -0.3 is 10.5 Å². The van der Waals surface area contributed by atoms with Crippen molar-refractivity contribution in [2.75, 3.05) is 18.6 Å². The zero-order valence-electron chi connectivity index (χ0n) is 8.82. The van der Waals surface area contributed by atoms with Crippen LogP contribution in [-0.4, -0.2) is 23.8 Å².